The van der Waals surface area contributed by atoms with E-state index in [9.17, 15) is 4.79 Å². The number of aromatic carboxylic acids is 1. The zero-order valence-corrected chi connectivity index (χ0v) is 9.47. The summed E-state index contributed by atoms with van der Waals surface area (Å²) >= 11 is 0. The Labute approximate surface area is 98.5 Å². The van der Waals surface area contributed by atoms with Crippen LogP contribution in [0.1, 0.15) is 29.5 Å². The van der Waals surface area contributed by atoms with Gasteiger partial charge in [0.05, 0.1) is 5.56 Å². The van der Waals surface area contributed by atoms with Crippen molar-refractivity contribution in [3.05, 3.63) is 35.7 Å². The molecule has 0 spiro atoms. The van der Waals surface area contributed by atoms with Crippen LogP contribution in [0.2, 0.25) is 0 Å². The van der Waals surface area contributed by atoms with Gasteiger partial charge < -0.3 is 5.11 Å². The summed E-state index contributed by atoms with van der Waals surface area (Å²) in [5.41, 5.74) is 0.758. The third-order valence-corrected chi connectivity index (χ3v) is 2.42. The van der Waals surface area contributed by atoms with E-state index in [2.05, 4.69) is 15.2 Å². The molecule has 1 aromatic carbocycles. The van der Waals surface area contributed by atoms with E-state index in [1.165, 1.54) is 0 Å². The largest absolute Gasteiger partial charge is 0.478 e. The number of benzene rings is 1. The first kappa shape index (κ1) is 11.3. The zero-order chi connectivity index (χ0) is 12.3. The van der Waals surface area contributed by atoms with Gasteiger partial charge in [0.1, 0.15) is 5.82 Å². The van der Waals surface area contributed by atoms with Gasteiger partial charge in [-0.2, -0.15) is 5.10 Å². The lowest BCUT2D eigenvalue weighted by atomic mass is 10.1. The molecule has 0 aliphatic rings. The Kier molecular flexibility index (Phi) is 3.18. The lowest BCUT2D eigenvalue weighted by Gasteiger charge is -2.00. The predicted molar refractivity (Wildman–Crippen MR) is 62.8 cm³/mol. The summed E-state index contributed by atoms with van der Waals surface area (Å²) in [5.74, 6) is 0.247. The number of nitrogens with zero attached hydrogens (tertiary/aromatic N) is 2. The minimum atomic E-state index is -0.970. The monoisotopic (exact) mass is 231 g/mol. The van der Waals surface area contributed by atoms with Crippen molar-refractivity contribution >= 4 is 5.97 Å². The van der Waals surface area contributed by atoms with Gasteiger partial charge >= 0.3 is 5.97 Å². The van der Waals surface area contributed by atoms with Crippen molar-refractivity contribution in [2.24, 2.45) is 0 Å². The summed E-state index contributed by atoms with van der Waals surface area (Å²) in [5, 5.41) is 15.9. The first-order valence-corrected chi connectivity index (χ1v) is 5.46. The van der Waals surface area contributed by atoms with E-state index in [0.29, 0.717) is 11.4 Å². The number of carboxylic acid groups (broad SMARTS) is 1. The van der Waals surface area contributed by atoms with E-state index in [-0.39, 0.29) is 5.56 Å². The normalized spacial score (nSPS) is 10.4. The predicted octanol–water partition coefficient (Wildman–Crippen LogP) is 2.12. The van der Waals surface area contributed by atoms with Crippen molar-refractivity contribution in [1.29, 1.82) is 0 Å². The van der Waals surface area contributed by atoms with Crippen LogP contribution in [-0.2, 0) is 6.42 Å². The van der Waals surface area contributed by atoms with Crippen LogP contribution in [0, 0.1) is 0 Å². The molecule has 0 unspecified atom stereocenters. The average Bonchev–Trinajstić information content (AvgIpc) is 2.78. The van der Waals surface area contributed by atoms with Crippen LogP contribution in [0.15, 0.2) is 24.3 Å². The smallest absolute Gasteiger partial charge is 0.336 e. The van der Waals surface area contributed by atoms with Crippen LogP contribution in [0.25, 0.3) is 11.4 Å². The minimum Gasteiger partial charge on any atom is -0.478 e. The molecular weight excluding hydrogens is 218 g/mol. The van der Waals surface area contributed by atoms with Gasteiger partial charge in [-0.1, -0.05) is 25.1 Å². The summed E-state index contributed by atoms with van der Waals surface area (Å²) in [6, 6.07) is 6.72. The average molecular weight is 231 g/mol. The summed E-state index contributed by atoms with van der Waals surface area (Å²) in [6.45, 7) is 2.05. The molecule has 2 rings (SSSR count). The molecule has 0 aliphatic carbocycles. The number of H-pyrrole nitrogens is 1. The quantitative estimate of drug-likeness (QED) is 0.844. The van der Waals surface area contributed by atoms with Gasteiger partial charge in [-0.25, -0.2) is 9.78 Å². The molecule has 2 N–H and O–H groups in total. The number of aromatic nitrogens is 3. The Balaban J connectivity index is 2.41. The second-order valence-electron chi connectivity index (χ2n) is 3.71. The molecular formula is C12H13N3O2. The molecule has 5 nitrogen and oxygen atoms in total. The van der Waals surface area contributed by atoms with Crippen LogP contribution in [0.5, 0.6) is 0 Å². The second-order valence-corrected chi connectivity index (χ2v) is 3.71. The maximum absolute atomic E-state index is 11.1. The lowest BCUT2D eigenvalue weighted by molar-refractivity contribution is 0.0697. The van der Waals surface area contributed by atoms with Crippen molar-refractivity contribution < 1.29 is 9.90 Å². The highest BCUT2D eigenvalue weighted by Gasteiger charge is 2.14. The number of carbonyl (C=O) groups is 1. The Morgan fingerprint density at radius 2 is 2.18 bits per heavy atom. The molecule has 0 saturated heterocycles. The van der Waals surface area contributed by atoms with E-state index >= 15 is 0 Å². The van der Waals surface area contributed by atoms with Crippen LogP contribution < -0.4 is 0 Å². The van der Waals surface area contributed by atoms with Gasteiger partial charge in [0.2, 0.25) is 0 Å². The first-order valence-electron chi connectivity index (χ1n) is 5.46. The standard InChI is InChI=1S/C12H13N3O2/c1-2-5-10-13-11(15-14-10)8-6-3-4-7-9(8)12(16)17/h3-4,6-7H,2,5H2,1H3,(H,16,17)(H,13,14,15). The highest BCUT2D eigenvalue weighted by Crippen LogP contribution is 2.20. The van der Waals surface area contributed by atoms with Gasteiger partial charge in [0.15, 0.2) is 5.82 Å². The van der Waals surface area contributed by atoms with E-state index in [0.717, 1.165) is 18.7 Å². The fourth-order valence-corrected chi connectivity index (χ4v) is 1.63. The van der Waals surface area contributed by atoms with Gasteiger partial charge in [-0.05, 0) is 12.5 Å². The van der Waals surface area contributed by atoms with E-state index < -0.39 is 5.97 Å². The summed E-state index contributed by atoms with van der Waals surface area (Å²) in [4.78, 5) is 15.3. The van der Waals surface area contributed by atoms with Crippen LogP contribution in [-0.4, -0.2) is 26.3 Å². The highest BCUT2D eigenvalue weighted by molar-refractivity contribution is 5.94. The molecule has 0 radical (unpaired) electrons. The van der Waals surface area contributed by atoms with Gasteiger partial charge in [-0.15, -0.1) is 0 Å². The fourth-order valence-electron chi connectivity index (χ4n) is 1.63. The Morgan fingerprint density at radius 3 is 2.88 bits per heavy atom. The van der Waals surface area contributed by atoms with Gasteiger partial charge in [-0.3, -0.25) is 5.10 Å². The van der Waals surface area contributed by atoms with E-state index in [1.54, 1.807) is 24.3 Å². The second kappa shape index (κ2) is 4.78. The maximum Gasteiger partial charge on any atom is 0.336 e. The molecule has 1 heterocycles. The summed E-state index contributed by atoms with van der Waals surface area (Å²) in [7, 11) is 0. The molecule has 5 heteroatoms. The molecule has 0 atom stereocenters. The fraction of sp³-hybridized carbons (Fsp3) is 0.250. The third kappa shape index (κ3) is 2.33. The number of aromatic amines is 1. The molecule has 0 saturated carbocycles. The molecule has 2 aromatic rings. The van der Waals surface area contributed by atoms with Crippen molar-refractivity contribution in [3.63, 3.8) is 0 Å². The molecule has 0 aliphatic heterocycles. The number of hydrogen-bond donors (Lipinski definition) is 2. The van der Waals surface area contributed by atoms with Crippen molar-refractivity contribution in [3.8, 4) is 11.4 Å². The summed E-state index contributed by atoms with van der Waals surface area (Å²) in [6.07, 6.45) is 1.78. The van der Waals surface area contributed by atoms with Crippen molar-refractivity contribution in [2.75, 3.05) is 0 Å². The number of rotatable bonds is 4. The Bertz CT molecular complexity index is 534. The summed E-state index contributed by atoms with van der Waals surface area (Å²) < 4.78 is 0. The van der Waals surface area contributed by atoms with Gasteiger partial charge in [0, 0.05) is 12.0 Å². The molecule has 1 aromatic heterocycles. The van der Waals surface area contributed by atoms with Gasteiger partial charge in [0.25, 0.3) is 0 Å². The SMILES string of the molecule is CCCc1nc(-c2ccccc2C(=O)O)n[nH]1. The van der Waals surface area contributed by atoms with E-state index in [4.69, 9.17) is 5.11 Å². The molecule has 0 amide bonds. The first-order chi connectivity index (χ1) is 8.22. The zero-order valence-electron chi connectivity index (χ0n) is 9.47. The van der Waals surface area contributed by atoms with E-state index in [1.807, 2.05) is 6.92 Å². The molecule has 88 valence electrons. The minimum absolute atomic E-state index is 0.217. The number of hydrogen-bond acceptors (Lipinski definition) is 3. The Morgan fingerprint density at radius 1 is 1.41 bits per heavy atom. The molecule has 0 fully saturated rings. The van der Waals surface area contributed by atoms with Crippen molar-refractivity contribution in [1.82, 2.24) is 15.2 Å². The molecule has 0 bridgehead atoms. The highest BCUT2D eigenvalue weighted by atomic mass is 16.4. The van der Waals surface area contributed by atoms with Crippen LogP contribution >= 0.6 is 0 Å². The topological polar surface area (TPSA) is 78.9 Å². The van der Waals surface area contributed by atoms with Crippen molar-refractivity contribution in [2.45, 2.75) is 19.8 Å². The lowest BCUT2D eigenvalue weighted by Crippen LogP contribution is -1.99. The number of nitrogens with one attached hydrogen (secondary N) is 1. The van der Waals surface area contributed by atoms with Crippen LogP contribution in [0.3, 0.4) is 0 Å². The Hall–Kier alpha value is -2.17. The maximum atomic E-state index is 11.1. The number of carboxylic acids is 1. The molecule has 17 heavy (non-hydrogen) atoms. The number of aryl methyl sites for hydroxylation is 1. The van der Waals surface area contributed by atoms with Crippen LogP contribution in [0.4, 0.5) is 0 Å². The third-order valence-electron chi connectivity index (χ3n) is 2.42.